The van der Waals surface area contributed by atoms with E-state index < -0.39 is 6.10 Å². The maximum atomic E-state index is 9.74. The van der Waals surface area contributed by atoms with Gasteiger partial charge >= 0.3 is 0 Å². The summed E-state index contributed by atoms with van der Waals surface area (Å²) in [7, 11) is 2.29. The van der Waals surface area contributed by atoms with Crippen molar-refractivity contribution >= 4 is 9.39 Å². The van der Waals surface area contributed by atoms with Gasteiger partial charge in [0.05, 0.1) is 18.8 Å². The van der Waals surface area contributed by atoms with Gasteiger partial charge < -0.3 is 10.2 Å². The molecule has 0 aromatic heterocycles. The van der Waals surface area contributed by atoms with Crippen LogP contribution in [0.4, 0.5) is 0 Å². The molecule has 0 aliphatic carbocycles. The predicted molar refractivity (Wildman–Crippen MR) is 55.1 cm³/mol. The molecule has 0 aliphatic rings. The van der Waals surface area contributed by atoms with E-state index in [1.807, 2.05) is 30.3 Å². The molecule has 0 radical (unpaired) electrons. The van der Waals surface area contributed by atoms with Crippen molar-refractivity contribution in [3.63, 3.8) is 0 Å². The van der Waals surface area contributed by atoms with Crippen molar-refractivity contribution in [3.8, 4) is 0 Å². The highest BCUT2D eigenvalue weighted by molar-refractivity contribution is 7.13. The van der Waals surface area contributed by atoms with Crippen molar-refractivity contribution in [2.24, 2.45) is 0 Å². The fourth-order valence-corrected chi connectivity index (χ4v) is 1.41. The molecule has 1 aromatic carbocycles. The van der Waals surface area contributed by atoms with Crippen molar-refractivity contribution < 1.29 is 10.2 Å². The minimum atomic E-state index is -0.677. The lowest BCUT2D eigenvalue weighted by atomic mass is 10.0. The van der Waals surface area contributed by atoms with E-state index in [-0.39, 0.29) is 12.6 Å². The van der Waals surface area contributed by atoms with Gasteiger partial charge in [0.15, 0.2) is 0 Å². The quantitative estimate of drug-likeness (QED) is 0.617. The van der Waals surface area contributed by atoms with E-state index >= 15 is 0 Å². The van der Waals surface area contributed by atoms with E-state index in [4.69, 9.17) is 5.11 Å². The molecule has 0 aliphatic heterocycles. The Kier molecular flexibility index (Phi) is 4.33. The van der Waals surface area contributed by atoms with E-state index in [1.54, 1.807) is 0 Å². The van der Waals surface area contributed by atoms with Gasteiger partial charge in [-0.1, -0.05) is 39.7 Å². The number of rotatable bonds is 4. The van der Waals surface area contributed by atoms with Crippen LogP contribution in [0.5, 0.6) is 0 Å². The molecule has 3 unspecified atom stereocenters. The Morgan fingerprint density at radius 3 is 2.38 bits per heavy atom. The number of aliphatic hydroxyl groups excluding tert-OH is 2. The van der Waals surface area contributed by atoms with Gasteiger partial charge in [0.2, 0.25) is 0 Å². The molecule has 0 bridgehead atoms. The topological polar surface area (TPSA) is 52.5 Å². The van der Waals surface area contributed by atoms with Crippen LogP contribution in [0.1, 0.15) is 11.7 Å². The summed E-state index contributed by atoms with van der Waals surface area (Å²) in [6.45, 7) is -0.0977. The SMILES string of the molecule is OCC(NP)C(O)c1ccccc1. The highest BCUT2D eigenvalue weighted by atomic mass is 31.0. The maximum Gasteiger partial charge on any atom is 0.0968 e. The van der Waals surface area contributed by atoms with Gasteiger partial charge in [-0.15, -0.1) is 0 Å². The molecule has 4 heteroatoms. The molecule has 1 rings (SSSR count). The first-order valence-corrected chi connectivity index (χ1v) is 4.67. The van der Waals surface area contributed by atoms with Crippen LogP contribution in [0, 0.1) is 0 Å². The van der Waals surface area contributed by atoms with E-state index in [0.717, 1.165) is 5.56 Å². The second kappa shape index (κ2) is 5.30. The first kappa shape index (κ1) is 10.6. The average Bonchev–Trinajstić information content (AvgIpc) is 2.21. The molecule has 0 saturated carbocycles. The zero-order chi connectivity index (χ0) is 9.68. The van der Waals surface area contributed by atoms with Gasteiger partial charge in [-0.2, -0.15) is 0 Å². The number of nitrogens with one attached hydrogen (secondary N) is 1. The molecule has 0 amide bonds. The zero-order valence-electron chi connectivity index (χ0n) is 7.22. The van der Waals surface area contributed by atoms with E-state index in [9.17, 15) is 5.11 Å². The summed E-state index contributed by atoms with van der Waals surface area (Å²) in [5, 5.41) is 21.4. The fourth-order valence-electron chi connectivity index (χ4n) is 1.13. The summed E-state index contributed by atoms with van der Waals surface area (Å²) in [6, 6.07) is 8.92. The summed E-state index contributed by atoms with van der Waals surface area (Å²) in [6.07, 6.45) is -0.677. The van der Waals surface area contributed by atoms with Crippen LogP contribution >= 0.6 is 9.39 Å². The minimum absolute atomic E-state index is 0.0977. The molecule has 3 nitrogen and oxygen atoms in total. The van der Waals surface area contributed by atoms with Gasteiger partial charge in [-0.05, 0) is 5.56 Å². The van der Waals surface area contributed by atoms with E-state index in [2.05, 4.69) is 14.5 Å². The number of aliphatic hydroxyl groups is 2. The molecule has 3 N–H and O–H groups in total. The van der Waals surface area contributed by atoms with Crippen LogP contribution in [0.3, 0.4) is 0 Å². The summed E-state index contributed by atoms with van der Waals surface area (Å²) in [5.74, 6) is 0. The second-order valence-electron chi connectivity index (χ2n) is 2.81. The lowest BCUT2D eigenvalue weighted by Crippen LogP contribution is -2.31. The van der Waals surface area contributed by atoms with E-state index in [0.29, 0.717) is 0 Å². The standard InChI is InChI=1S/C9H14NO2P/c11-6-8(10-13)9(12)7-4-2-1-3-5-7/h1-5,8-12H,6,13H2. The third kappa shape index (κ3) is 2.75. The fraction of sp³-hybridized carbons (Fsp3) is 0.333. The molecular weight excluding hydrogens is 185 g/mol. The third-order valence-corrected chi connectivity index (χ3v) is 2.36. The predicted octanol–water partition coefficient (Wildman–Crippen LogP) is 0.461. The number of hydrogen-bond donors (Lipinski definition) is 3. The minimum Gasteiger partial charge on any atom is -0.395 e. The first-order valence-electron chi connectivity index (χ1n) is 4.09. The Bertz CT molecular complexity index is 239. The lowest BCUT2D eigenvalue weighted by molar-refractivity contribution is 0.103. The summed E-state index contributed by atoms with van der Waals surface area (Å²) >= 11 is 0. The van der Waals surface area contributed by atoms with Crippen LogP contribution in [0.2, 0.25) is 0 Å². The Labute approximate surface area is 80.1 Å². The molecule has 0 heterocycles. The van der Waals surface area contributed by atoms with Crippen LogP contribution in [0.15, 0.2) is 30.3 Å². The Morgan fingerprint density at radius 1 is 1.31 bits per heavy atom. The van der Waals surface area contributed by atoms with Crippen LogP contribution < -0.4 is 5.09 Å². The van der Waals surface area contributed by atoms with Crippen molar-refractivity contribution in [1.29, 1.82) is 0 Å². The molecule has 1 aromatic rings. The highest BCUT2D eigenvalue weighted by Crippen LogP contribution is 2.16. The van der Waals surface area contributed by atoms with Crippen LogP contribution in [-0.2, 0) is 0 Å². The Balaban J connectivity index is 2.72. The molecule has 72 valence electrons. The molecule has 13 heavy (non-hydrogen) atoms. The first-order chi connectivity index (χ1) is 6.29. The van der Waals surface area contributed by atoms with Crippen molar-refractivity contribution in [1.82, 2.24) is 5.09 Å². The third-order valence-electron chi connectivity index (χ3n) is 1.93. The van der Waals surface area contributed by atoms with Gasteiger partial charge in [-0.25, -0.2) is 0 Å². The number of hydrogen-bond acceptors (Lipinski definition) is 3. The summed E-state index contributed by atoms with van der Waals surface area (Å²) < 4.78 is 0. The van der Waals surface area contributed by atoms with Gasteiger partial charge in [0, 0.05) is 0 Å². The monoisotopic (exact) mass is 199 g/mol. The molecule has 3 atom stereocenters. The van der Waals surface area contributed by atoms with Crippen molar-refractivity contribution in [3.05, 3.63) is 35.9 Å². The second-order valence-corrected chi connectivity index (χ2v) is 3.14. The number of benzene rings is 1. The molecule has 0 fully saturated rings. The highest BCUT2D eigenvalue weighted by Gasteiger charge is 2.17. The van der Waals surface area contributed by atoms with E-state index in [1.165, 1.54) is 0 Å². The maximum absolute atomic E-state index is 9.74. The lowest BCUT2D eigenvalue weighted by Gasteiger charge is -2.20. The smallest absolute Gasteiger partial charge is 0.0968 e. The molecule has 0 saturated heterocycles. The molecule has 0 spiro atoms. The Hall–Kier alpha value is -0.470. The van der Waals surface area contributed by atoms with Gasteiger partial charge in [-0.3, -0.25) is 5.09 Å². The van der Waals surface area contributed by atoms with Crippen molar-refractivity contribution in [2.75, 3.05) is 6.61 Å². The van der Waals surface area contributed by atoms with Crippen molar-refractivity contribution in [2.45, 2.75) is 12.1 Å². The van der Waals surface area contributed by atoms with Gasteiger partial charge in [0.25, 0.3) is 0 Å². The van der Waals surface area contributed by atoms with Crippen LogP contribution in [0.25, 0.3) is 0 Å². The largest absolute Gasteiger partial charge is 0.395 e. The summed E-state index contributed by atoms with van der Waals surface area (Å²) in [5.41, 5.74) is 0.802. The zero-order valence-corrected chi connectivity index (χ0v) is 8.38. The van der Waals surface area contributed by atoms with Crippen LogP contribution in [-0.4, -0.2) is 22.9 Å². The van der Waals surface area contributed by atoms with Gasteiger partial charge in [0.1, 0.15) is 0 Å². The summed E-state index contributed by atoms with van der Waals surface area (Å²) in [4.78, 5) is 0. The Morgan fingerprint density at radius 2 is 1.92 bits per heavy atom. The normalized spacial score (nSPS) is 15.3. The average molecular weight is 199 g/mol. The molecular formula is C9H14NO2P.